The lowest BCUT2D eigenvalue weighted by Crippen LogP contribution is -2.62. The summed E-state index contributed by atoms with van der Waals surface area (Å²) in [6.45, 7) is 4.96. The van der Waals surface area contributed by atoms with E-state index >= 15 is 0 Å². The molecule has 0 bridgehead atoms. The Morgan fingerprint density at radius 3 is 2.69 bits per heavy atom. The zero-order chi connectivity index (χ0) is 11.9. The minimum absolute atomic E-state index is 0.581. The van der Waals surface area contributed by atoms with Crippen LogP contribution in [0.5, 0.6) is 0 Å². The van der Waals surface area contributed by atoms with Crippen molar-refractivity contribution < 1.29 is 5.11 Å². The first kappa shape index (κ1) is 11.0. The lowest BCUT2D eigenvalue weighted by Gasteiger charge is -2.47. The van der Waals surface area contributed by atoms with Gasteiger partial charge in [-0.3, -0.25) is 4.68 Å². The van der Waals surface area contributed by atoms with E-state index < -0.39 is 5.60 Å². The van der Waals surface area contributed by atoms with E-state index in [-0.39, 0.29) is 0 Å². The van der Waals surface area contributed by atoms with Gasteiger partial charge in [-0.1, -0.05) is 6.92 Å². The van der Waals surface area contributed by atoms with E-state index in [2.05, 4.69) is 11.2 Å². The Bertz CT molecular complexity index is 451. The van der Waals surface area contributed by atoms with Gasteiger partial charge in [0.1, 0.15) is 17.5 Å². The Kier molecular flexibility index (Phi) is 2.39. The van der Waals surface area contributed by atoms with Crippen molar-refractivity contribution in [2.45, 2.75) is 25.9 Å². The number of rotatable bonds is 2. The van der Waals surface area contributed by atoms with Crippen molar-refractivity contribution in [3.8, 4) is 6.07 Å². The quantitative estimate of drug-likeness (QED) is 0.791. The second-order valence-corrected chi connectivity index (χ2v) is 4.45. The summed E-state index contributed by atoms with van der Waals surface area (Å²) in [6, 6.07) is 2.17. The van der Waals surface area contributed by atoms with Crippen LogP contribution in [-0.2, 0) is 7.05 Å². The number of aliphatic hydroxyl groups is 1. The normalized spacial score (nSPS) is 18.1. The molecule has 0 spiro atoms. The van der Waals surface area contributed by atoms with Crippen molar-refractivity contribution in [2.75, 3.05) is 18.0 Å². The van der Waals surface area contributed by atoms with Gasteiger partial charge in [0.2, 0.25) is 0 Å². The van der Waals surface area contributed by atoms with E-state index in [1.54, 1.807) is 4.68 Å². The molecule has 1 aliphatic rings. The van der Waals surface area contributed by atoms with Gasteiger partial charge in [0, 0.05) is 20.1 Å². The highest BCUT2D eigenvalue weighted by Gasteiger charge is 2.41. The number of anilines is 1. The molecule has 1 aromatic heterocycles. The fraction of sp³-hybridized carbons (Fsp3) is 0.636. The van der Waals surface area contributed by atoms with Crippen molar-refractivity contribution in [2.24, 2.45) is 7.05 Å². The van der Waals surface area contributed by atoms with E-state index in [0.717, 1.165) is 17.9 Å². The Morgan fingerprint density at radius 2 is 2.19 bits per heavy atom. The van der Waals surface area contributed by atoms with Gasteiger partial charge in [-0.15, -0.1) is 0 Å². The van der Waals surface area contributed by atoms with E-state index in [4.69, 9.17) is 5.26 Å². The van der Waals surface area contributed by atoms with Gasteiger partial charge in [0.25, 0.3) is 0 Å². The van der Waals surface area contributed by atoms with Gasteiger partial charge in [-0.2, -0.15) is 10.4 Å². The lowest BCUT2D eigenvalue weighted by atomic mass is 9.91. The summed E-state index contributed by atoms with van der Waals surface area (Å²) >= 11 is 0. The van der Waals surface area contributed by atoms with Crippen molar-refractivity contribution in [1.82, 2.24) is 9.78 Å². The average molecular weight is 220 g/mol. The number of β-amino-alcohol motifs (C(OH)–C–C–N with tert-alkyl or cyclic N) is 1. The summed E-state index contributed by atoms with van der Waals surface area (Å²) in [5.74, 6) is 0.818. The molecule has 0 aromatic carbocycles. The van der Waals surface area contributed by atoms with Crippen molar-refractivity contribution in [3.05, 3.63) is 11.3 Å². The molecule has 2 heterocycles. The molecule has 16 heavy (non-hydrogen) atoms. The summed E-state index contributed by atoms with van der Waals surface area (Å²) < 4.78 is 1.71. The number of hydrogen-bond donors (Lipinski definition) is 1. The molecule has 1 aliphatic heterocycles. The van der Waals surface area contributed by atoms with E-state index in [1.165, 1.54) is 0 Å². The standard InChI is InChI=1S/C11H16N4O/c1-4-11(16)6-15(7-11)10-9(5-12)8(2)13-14(10)3/h16H,4,6-7H2,1-3H3. The third-order valence-corrected chi connectivity index (χ3v) is 3.23. The molecular weight excluding hydrogens is 204 g/mol. The van der Waals surface area contributed by atoms with Crippen LogP contribution in [0, 0.1) is 18.3 Å². The summed E-state index contributed by atoms with van der Waals surface area (Å²) in [4.78, 5) is 2.00. The molecule has 1 saturated heterocycles. The van der Waals surface area contributed by atoms with Crippen LogP contribution in [-0.4, -0.2) is 33.6 Å². The summed E-state index contributed by atoms with van der Waals surface area (Å²) in [5, 5.41) is 23.3. The number of hydrogen-bond acceptors (Lipinski definition) is 4. The highest BCUT2D eigenvalue weighted by Crippen LogP contribution is 2.32. The Balaban J connectivity index is 2.28. The number of aromatic nitrogens is 2. The van der Waals surface area contributed by atoms with Gasteiger partial charge >= 0.3 is 0 Å². The average Bonchev–Trinajstić information content (AvgIpc) is 2.48. The minimum atomic E-state index is -0.592. The monoisotopic (exact) mass is 220 g/mol. The van der Waals surface area contributed by atoms with Gasteiger partial charge in [-0.05, 0) is 13.3 Å². The first-order chi connectivity index (χ1) is 7.50. The maximum absolute atomic E-state index is 9.96. The molecule has 2 rings (SSSR count). The Labute approximate surface area is 94.9 Å². The molecule has 0 aliphatic carbocycles. The predicted molar refractivity (Wildman–Crippen MR) is 60.1 cm³/mol. The molecule has 0 radical (unpaired) electrons. The first-order valence-corrected chi connectivity index (χ1v) is 5.42. The van der Waals surface area contributed by atoms with Crippen molar-refractivity contribution in [3.63, 3.8) is 0 Å². The van der Waals surface area contributed by atoms with E-state index in [1.807, 2.05) is 25.8 Å². The van der Waals surface area contributed by atoms with E-state index in [9.17, 15) is 5.11 Å². The molecule has 86 valence electrons. The molecule has 5 nitrogen and oxygen atoms in total. The molecule has 1 N–H and O–H groups in total. The molecule has 1 fully saturated rings. The lowest BCUT2D eigenvalue weighted by molar-refractivity contribution is 0.00766. The Hall–Kier alpha value is -1.54. The van der Waals surface area contributed by atoms with Gasteiger partial charge < -0.3 is 10.0 Å². The summed E-state index contributed by atoms with van der Waals surface area (Å²) in [7, 11) is 1.83. The van der Waals surface area contributed by atoms with Gasteiger partial charge in [-0.25, -0.2) is 0 Å². The number of aryl methyl sites for hydroxylation is 2. The van der Waals surface area contributed by atoms with Crippen LogP contribution < -0.4 is 4.90 Å². The molecule has 5 heteroatoms. The second kappa shape index (κ2) is 3.49. The summed E-state index contributed by atoms with van der Waals surface area (Å²) in [5.41, 5.74) is 0.762. The molecule has 0 unspecified atom stereocenters. The van der Waals surface area contributed by atoms with Gasteiger partial charge in [0.15, 0.2) is 0 Å². The first-order valence-electron chi connectivity index (χ1n) is 5.42. The maximum Gasteiger partial charge on any atom is 0.145 e. The van der Waals surface area contributed by atoms with Crippen LogP contribution in [0.4, 0.5) is 5.82 Å². The SMILES string of the molecule is CCC1(O)CN(c2c(C#N)c(C)nn2C)C1. The minimum Gasteiger partial charge on any atom is -0.386 e. The van der Waals surface area contributed by atoms with Crippen LogP contribution >= 0.6 is 0 Å². The fourth-order valence-corrected chi connectivity index (χ4v) is 2.18. The third-order valence-electron chi connectivity index (χ3n) is 3.23. The number of nitriles is 1. The van der Waals surface area contributed by atoms with Crippen molar-refractivity contribution in [1.29, 1.82) is 5.26 Å². The molecule has 0 saturated carbocycles. The Morgan fingerprint density at radius 1 is 1.56 bits per heavy atom. The summed E-state index contributed by atoms with van der Waals surface area (Å²) in [6.07, 6.45) is 0.738. The third kappa shape index (κ3) is 1.46. The zero-order valence-electron chi connectivity index (χ0n) is 9.86. The maximum atomic E-state index is 9.96. The highest BCUT2D eigenvalue weighted by molar-refractivity contribution is 5.59. The van der Waals surface area contributed by atoms with Crippen LogP contribution in [0.15, 0.2) is 0 Å². The smallest absolute Gasteiger partial charge is 0.145 e. The second-order valence-electron chi connectivity index (χ2n) is 4.45. The van der Waals surface area contributed by atoms with Crippen LogP contribution in [0.1, 0.15) is 24.6 Å². The molecule has 1 aromatic rings. The number of nitrogens with zero attached hydrogens (tertiary/aromatic N) is 4. The van der Waals surface area contributed by atoms with Crippen LogP contribution in [0.3, 0.4) is 0 Å². The zero-order valence-corrected chi connectivity index (χ0v) is 9.86. The topological polar surface area (TPSA) is 65.1 Å². The van der Waals surface area contributed by atoms with Crippen molar-refractivity contribution >= 4 is 5.82 Å². The largest absolute Gasteiger partial charge is 0.386 e. The highest BCUT2D eigenvalue weighted by atomic mass is 16.3. The predicted octanol–water partition coefficient (Wildman–Crippen LogP) is 0.561. The fourth-order valence-electron chi connectivity index (χ4n) is 2.18. The van der Waals surface area contributed by atoms with E-state index in [0.29, 0.717) is 18.7 Å². The van der Waals surface area contributed by atoms with Crippen LogP contribution in [0.2, 0.25) is 0 Å². The van der Waals surface area contributed by atoms with Crippen LogP contribution in [0.25, 0.3) is 0 Å². The van der Waals surface area contributed by atoms with Gasteiger partial charge in [0.05, 0.1) is 11.3 Å². The molecule has 0 atom stereocenters. The molecular formula is C11H16N4O. The molecule has 0 amide bonds.